The van der Waals surface area contributed by atoms with E-state index in [-0.39, 0.29) is 18.1 Å². The lowest BCUT2D eigenvalue weighted by Crippen LogP contribution is -2.47. The molecule has 5 rings (SSSR count). The van der Waals surface area contributed by atoms with Crippen molar-refractivity contribution in [3.8, 4) is 16.9 Å². The highest BCUT2D eigenvalue weighted by Gasteiger charge is 2.31. The van der Waals surface area contributed by atoms with E-state index in [4.69, 9.17) is 9.84 Å². The number of nitrogens with zero attached hydrogens (tertiary/aromatic N) is 4. The summed E-state index contributed by atoms with van der Waals surface area (Å²) in [5.74, 6) is 0.897. The second kappa shape index (κ2) is 11.1. The van der Waals surface area contributed by atoms with E-state index in [0.717, 1.165) is 52.9 Å². The van der Waals surface area contributed by atoms with E-state index >= 15 is 0 Å². The summed E-state index contributed by atoms with van der Waals surface area (Å²) in [6.07, 6.45) is 5.27. The first-order chi connectivity index (χ1) is 17.5. The van der Waals surface area contributed by atoms with Crippen LogP contribution in [0.3, 0.4) is 0 Å². The molecule has 1 amide bonds. The number of thioether (sulfide) groups is 2. The topological polar surface area (TPSA) is 59.7 Å². The molecular weight excluding hydrogens is 488 g/mol. The molecule has 36 heavy (non-hydrogen) atoms. The summed E-state index contributed by atoms with van der Waals surface area (Å²) in [6.45, 7) is 7.76. The monoisotopic (exact) mass is 518 g/mol. The number of hydrogen-bond acceptors (Lipinski definition) is 6. The van der Waals surface area contributed by atoms with Crippen molar-refractivity contribution in [3.05, 3.63) is 71.3 Å². The van der Waals surface area contributed by atoms with Gasteiger partial charge in [-0.15, -0.1) is 11.8 Å². The fourth-order valence-electron chi connectivity index (χ4n) is 4.37. The Labute approximate surface area is 220 Å². The van der Waals surface area contributed by atoms with Gasteiger partial charge in [0, 0.05) is 35.3 Å². The highest BCUT2D eigenvalue weighted by atomic mass is 32.2. The molecule has 8 heteroatoms. The number of para-hydroxylation sites is 1. The number of morpholine rings is 1. The lowest BCUT2D eigenvalue weighted by Gasteiger charge is -2.35. The van der Waals surface area contributed by atoms with Gasteiger partial charge in [-0.25, -0.2) is 4.68 Å². The maximum atomic E-state index is 12.9. The quantitative estimate of drug-likeness (QED) is 0.289. The van der Waals surface area contributed by atoms with E-state index in [0.29, 0.717) is 4.91 Å². The zero-order valence-electron chi connectivity index (χ0n) is 20.8. The lowest BCUT2D eigenvalue weighted by atomic mass is 10.1. The van der Waals surface area contributed by atoms with Crippen LogP contribution in [0.25, 0.3) is 23.0 Å². The van der Waals surface area contributed by atoms with Crippen molar-refractivity contribution in [1.29, 1.82) is 0 Å². The van der Waals surface area contributed by atoms with Crippen molar-refractivity contribution in [2.24, 2.45) is 4.99 Å². The molecular formula is C28H30N4O2S2. The van der Waals surface area contributed by atoms with Gasteiger partial charge in [-0.2, -0.15) is 10.1 Å². The van der Waals surface area contributed by atoms with Gasteiger partial charge in [-0.1, -0.05) is 37.3 Å². The molecule has 3 heterocycles. The van der Waals surface area contributed by atoms with Gasteiger partial charge in [0.1, 0.15) is 0 Å². The van der Waals surface area contributed by atoms with Gasteiger partial charge in [0.25, 0.3) is 5.91 Å². The number of amidine groups is 1. The van der Waals surface area contributed by atoms with Crippen LogP contribution >= 0.6 is 23.5 Å². The van der Waals surface area contributed by atoms with E-state index in [1.165, 1.54) is 16.7 Å². The highest BCUT2D eigenvalue weighted by molar-refractivity contribution is 8.18. The van der Waals surface area contributed by atoms with Gasteiger partial charge >= 0.3 is 0 Å². The van der Waals surface area contributed by atoms with Crippen molar-refractivity contribution in [1.82, 2.24) is 14.7 Å². The smallest absolute Gasteiger partial charge is 0.286 e. The first-order valence-electron chi connectivity index (χ1n) is 12.3. The Hall–Kier alpha value is -2.81. The minimum Gasteiger partial charge on any atom is -0.372 e. The lowest BCUT2D eigenvalue weighted by molar-refractivity contribution is -0.113. The first-order valence-corrected chi connectivity index (χ1v) is 14.1. The molecule has 2 unspecified atom stereocenters. The molecule has 2 aliphatic heterocycles. The molecule has 2 aromatic carbocycles. The Balaban J connectivity index is 1.46. The van der Waals surface area contributed by atoms with E-state index in [1.807, 2.05) is 59.0 Å². The van der Waals surface area contributed by atoms with Crippen LogP contribution in [0.2, 0.25) is 0 Å². The largest absolute Gasteiger partial charge is 0.372 e. The molecule has 0 aliphatic carbocycles. The minimum atomic E-state index is -0.202. The standard InChI is InChI=1S/C28H30N4O2S2/c1-4-14-35-24-12-10-21(11-13-24)26-22(18-32(30-26)23-8-6-5-7-9-23)15-25-27(33)29-28(36-25)31-16-19(2)34-20(3)17-31/h5-13,15,18-20H,4,14,16-17H2,1-3H3/b25-15-. The predicted octanol–water partition coefficient (Wildman–Crippen LogP) is 6.12. The second-order valence-electron chi connectivity index (χ2n) is 9.06. The summed E-state index contributed by atoms with van der Waals surface area (Å²) >= 11 is 3.29. The molecule has 0 spiro atoms. The van der Waals surface area contributed by atoms with Crippen molar-refractivity contribution >= 4 is 40.7 Å². The van der Waals surface area contributed by atoms with Gasteiger partial charge in [0.15, 0.2) is 5.17 Å². The van der Waals surface area contributed by atoms with Gasteiger partial charge in [0.2, 0.25) is 0 Å². The number of hydrogen-bond donors (Lipinski definition) is 0. The van der Waals surface area contributed by atoms with Crippen LogP contribution in [-0.4, -0.2) is 56.8 Å². The summed E-state index contributed by atoms with van der Waals surface area (Å²) in [6, 6.07) is 18.5. The molecule has 2 aliphatic rings. The average molecular weight is 519 g/mol. The van der Waals surface area contributed by atoms with Gasteiger partial charge in [0.05, 0.1) is 28.5 Å². The third-order valence-corrected chi connectivity index (χ3v) is 8.21. The van der Waals surface area contributed by atoms with Crippen LogP contribution in [0.4, 0.5) is 0 Å². The number of carbonyl (C=O) groups excluding carboxylic acids is 1. The zero-order chi connectivity index (χ0) is 25.1. The fraction of sp³-hybridized carbons (Fsp3) is 0.321. The fourth-order valence-corrected chi connectivity index (χ4v) is 6.06. The third-order valence-electron chi connectivity index (χ3n) is 5.95. The van der Waals surface area contributed by atoms with Crippen molar-refractivity contribution in [2.75, 3.05) is 18.8 Å². The average Bonchev–Trinajstić information content (AvgIpc) is 3.47. The first kappa shape index (κ1) is 24.9. The number of amides is 1. The molecule has 0 N–H and O–H groups in total. The summed E-state index contributed by atoms with van der Waals surface area (Å²) in [4.78, 5) is 21.3. The summed E-state index contributed by atoms with van der Waals surface area (Å²) in [5.41, 5.74) is 3.72. The molecule has 1 aromatic heterocycles. The molecule has 1 saturated heterocycles. The number of carbonyl (C=O) groups is 1. The van der Waals surface area contributed by atoms with Gasteiger partial charge < -0.3 is 9.64 Å². The Morgan fingerprint density at radius 3 is 2.50 bits per heavy atom. The Kier molecular flexibility index (Phi) is 7.65. The predicted molar refractivity (Wildman–Crippen MR) is 150 cm³/mol. The minimum absolute atomic E-state index is 0.106. The summed E-state index contributed by atoms with van der Waals surface area (Å²) in [5, 5.41) is 5.67. The molecule has 0 radical (unpaired) electrons. The zero-order valence-corrected chi connectivity index (χ0v) is 22.4. The van der Waals surface area contributed by atoms with Crippen molar-refractivity contribution < 1.29 is 9.53 Å². The van der Waals surface area contributed by atoms with E-state index in [2.05, 4.69) is 54.9 Å². The summed E-state index contributed by atoms with van der Waals surface area (Å²) < 4.78 is 7.72. The molecule has 0 saturated carbocycles. The van der Waals surface area contributed by atoms with Gasteiger partial charge in [-0.05, 0) is 68.1 Å². The Bertz CT molecular complexity index is 1270. The number of aromatic nitrogens is 2. The molecule has 6 nitrogen and oxygen atoms in total. The van der Waals surface area contributed by atoms with Crippen LogP contribution in [0, 0.1) is 0 Å². The molecule has 2 atom stereocenters. The maximum Gasteiger partial charge on any atom is 0.286 e. The maximum absolute atomic E-state index is 12.9. The molecule has 186 valence electrons. The van der Waals surface area contributed by atoms with Crippen LogP contribution in [0.5, 0.6) is 0 Å². The van der Waals surface area contributed by atoms with E-state index in [9.17, 15) is 4.79 Å². The molecule has 0 bridgehead atoms. The Morgan fingerprint density at radius 2 is 1.81 bits per heavy atom. The van der Waals surface area contributed by atoms with Gasteiger partial charge in [-0.3, -0.25) is 4.79 Å². The second-order valence-corrected chi connectivity index (χ2v) is 11.2. The van der Waals surface area contributed by atoms with E-state index < -0.39 is 0 Å². The number of benzene rings is 2. The number of rotatable bonds is 6. The highest BCUT2D eigenvalue weighted by Crippen LogP contribution is 2.34. The third kappa shape index (κ3) is 5.61. The Morgan fingerprint density at radius 1 is 1.08 bits per heavy atom. The number of ether oxygens (including phenoxy) is 1. The van der Waals surface area contributed by atoms with Crippen LogP contribution in [0.1, 0.15) is 32.8 Å². The SMILES string of the molecule is CCCSc1ccc(-c2nn(-c3ccccc3)cc2/C=C2\SC(N3CC(C)OC(C)C3)=NC2=O)cc1. The molecule has 1 fully saturated rings. The number of aliphatic imine (C=N–C) groups is 1. The summed E-state index contributed by atoms with van der Waals surface area (Å²) in [7, 11) is 0. The van der Waals surface area contributed by atoms with Crippen LogP contribution < -0.4 is 0 Å². The van der Waals surface area contributed by atoms with Crippen LogP contribution in [-0.2, 0) is 9.53 Å². The van der Waals surface area contributed by atoms with E-state index in [1.54, 1.807) is 0 Å². The normalized spacial score (nSPS) is 21.3. The molecule has 3 aromatic rings. The van der Waals surface area contributed by atoms with Crippen molar-refractivity contribution in [3.63, 3.8) is 0 Å². The van der Waals surface area contributed by atoms with Crippen molar-refractivity contribution in [2.45, 2.75) is 44.3 Å². The van der Waals surface area contributed by atoms with Crippen LogP contribution in [0.15, 0.2) is 75.6 Å².